The van der Waals surface area contributed by atoms with Crippen LogP contribution >= 0.6 is 0 Å². The van der Waals surface area contributed by atoms with Crippen LogP contribution in [0.4, 0.5) is 17.5 Å². The Morgan fingerprint density at radius 2 is 1.83 bits per heavy atom. The van der Waals surface area contributed by atoms with Gasteiger partial charge in [-0.15, -0.1) is 0 Å². The number of rotatable bonds is 5. The number of nitrogens with one attached hydrogen (secondary N) is 1. The molecule has 160 valence electrons. The van der Waals surface area contributed by atoms with E-state index >= 15 is 0 Å². The highest BCUT2D eigenvalue weighted by atomic mass is 15.3. The third-order valence-electron chi connectivity index (χ3n) is 6.28. The van der Waals surface area contributed by atoms with Gasteiger partial charge in [-0.05, 0) is 59.7 Å². The van der Waals surface area contributed by atoms with E-state index in [1.807, 2.05) is 12.5 Å². The standard InChI is InChI=1S/C21H31N9/c1-15(2)29-14-22-18-19(25-21(26-20(18)29)28-8-4-5-9-28)24-16-12-23-30(13-16)17-6-10-27(3)11-7-17/h12-15,17H,4-11H2,1-3H3,(H,24,25,26). The zero-order valence-corrected chi connectivity index (χ0v) is 18.1. The third kappa shape index (κ3) is 3.62. The lowest BCUT2D eigenvalue weighted by molar-refractivity contribution is 0.212. The first-order valence-electron chi connectivity index (χ1n) is 11.1. The van der Waals surface area contributed by atoms with Crippen molar-refractivity contribution in [3.8, 4) is 0 Å². The fraction of sp³-hybridized carbons (Fsp3) is 0.619. The second kappa shape index (κ2) is 7.86. The molecule has 3 aromatic rings. The molecule has 0 spiro atoms. The first-order valence-corrected chi connectivity index (χ1v) is 11.1. The van der Waals surface area contributed by atoms with Crippen LogP contribution in [-0.2, 0) is 0 Å². The zero-order valence-electron chi connectivity index (χ0n) is 18.1. The molecule has 0 radical (unpaired) electrons. The van der Waals surface area contributed by atoms with Gasteiger partial charge in [-0.1, -0.05) is 0 Å². The van der Waals surface area contributed by atoms with Crippen LogP contribution in [0.25, 0.3) is 11.2 Å². The first kappa shape index (κ1) is 19.3. The van der Waals surface area contributed by atoms with Crippen molar-refractivity contribution in [1.29, 1.82) is 0 Å². The molecule has 9 heteroatoms. The molecule has 2 fully saturated rings. The summed E-state index contributed by atoms with van der Waals surface area (Å²) < 4.78 is 4.21. The molecule has 0 saturated carbocycles. The second-order valence-electron chi connectivity index (χ2n) is 8.85. The molecule has 5 rings (SSSR count). The average Bonchev–Trinajstić information content (AvgIpc) is 3.49. The van der Waals surface area contributed by atoms with Crippen molar-refractivity contribution in [2.45, 2.75) is 51.6 Å². The fourth-order valence-corrected chi connectivity index (χ4v) is 4.43. The maximum absolute atomic E-state index is 4.88. The lowest BCUT2D eigenvalue weighted by Crippen LogP contribution is -2.31. The maximum Gasteiger partial charge on any atom is 0.229 e. The molecular formula is C21H31N9. The number of piperidine rings is 1. The maximum atomic E-state index is 4.88. The Balaban J connectivity index is 1.46. The van der Waals surface area contributed by atoms with Crippen LogP contribution in [0.1, 0.15) is 51.6 Å². The number of anilines is 3. The average molecular weight is 410 g/mol. The van der Waals surface area contributed by atoms with E-state index in [0.717, 1.165) is 67.6 Å². The van der Waals surface area contributed by atoms with Gasteiger partial charge in [0.05, 0.1) is 24.3 Å². The molecule has 9 nitrogen and oxygen atoms in total. The summed E-state index contributed by atoms with van der Waals surface area (Å²) in [4.78, 5) is 19.0. The van der Waals surface area contributed by atoms with E-state index in [2.05, 4.69) is 61.5 Å². The van der Waals surface area contributed by atoms with Crippen molar-refractivity contribution >= 4 is 28.6 Å². The first-order chi connectivity index (χ1) is 14.6. The monoisotopic (exact) mass is 409 g/mol. The van der Waals surface area contributed by atoms with Crippen LogP contribution in [0.2, 0.25) is 0 Å². The number of imidazole rings is 1. The molecule has 0 aromatic carbocycles. The Hall–Kier alpha value is -2.68. The minimum Gasteiger partial charge on any atom is -0.341 e. The van der Waals surface area contributed by atoms with E-state index in [4.69, 9.17) is 9.97 Å². The van der Waals surface area contributed by atoms with Crippen molar-refractivity contribution in [3.63, 3.8) is 0 Å². The number of hydrogen-bond donors (Lipinski definition) is 1. The SMILES string of the molecule is CC(C)n1cnc2c(Nc3cnn(C4CCN(C)CC4)c3)nc(N3CCCC3)nc21. The predicted molar refractivity (Wildman–Crippen MR) is 118 cm³/mol. The summed E-state index contributed by atoms with van der Waals surface area (Å²) >= 11 is 0. The van der Waals surface area contributed by atoms with Crippen LogP contribution in [0.5, 0.6) is 0 Å². The Morgan fingerprint density at radius 1 is 1.07 bits per heavy atom. The van der Waals surface area contributed by atoms with Crippen LogP contribution < -0.4 is 10.2 Å². The van der Waals surface area contributed by atoms with Gasteiger partial charge < -0.3 is 19.7 Å². The van der Waals surface area contributed by atoms with Crippen LogP contribution in [0, 0.1) is 0 Å². The van der Waals surface area contributed by atoms with Gasteiger partial charge in [0.2, 0.25) is 5.95 Å². The van der Waals surface area contributed by atoms with Gasteiger partial charge in [0.15, 0.2) is 17.0 Å². The summed E-state index contributed by atoms with van der Waals surface area (Å²) in [5.74, 6) is 1.54. The number of nitrogens with zero attached hydrogens (tertiary/aromatic N) is 8. The summed E-state index contributed by atoms with van der Waals surface area (Å²) in [6.07, 6.45) is 10.5. The molecule has 1 N–H and O–H groups in total. The van der Waals surface area contributed by atoms with E-state index in [1.165, 1.54) is 12.8 Å². The number of fused-ring (bicyclic) bond motifs is 1. The quantitative estimate of drug-likeness (QED) is 0.693. The van der Waals surface area contributed by atoms with Gasteiger partial charge in [0.25, 0.3) is 0 Å². The third-order valence-corrected chi connectivity index (χ3v) is 6.28. The molecule has 2 aliphatic heterocycles. The lowest BCUT2D eigenvalue weighted by Gasteiger charge is -2.28. The number of aromatic nitrogens is 6. The second-order valence-corrected chi connectivity index (χ2v) is 8.85. The molecule has 2 saturated heterocycles. The normalized spacial score (nSPS) is 18.7. The van der Waals surface area contributed by atoms with Gasteiger partial charge in [-0.3, -0.25) is 4.68 Å². The summed E-state index contributed by atoms with van der Waals surface area (Å²) in [7, 11) is 2.18. The Kier molecular flexibility index (Phi) is 5.06. The molecule has 0 aliphatic carbocycles. The largest absolute Gasteiger partial charge is 0.341 e. The minimum absolute atomic E-state index is 0.288. The van der Waals surface area contributed by atoms with E-state index in [9.17, 15) is 0 Å². The summed E-state index contributed by atoms with van der Waals surface area (Å²) in [5, 5.41) is 8.11. The van der Waals surface area contributed by atoms with Crippen molar-refractivity contribution in [1.82, 2.24) is 34.2 Å². The van der Waals surface area contributed by atoms with Crippen molar-refractivity contribution in [3.05, 3.63) is 18.7 Å². The Morgan fingerprint density at radius 3 is 2.57 bits per heavy atom. The van der Waals surface area contributed by atoms with Crippen LogP contribution in [-0.4, -0.2) is 67.4 Å². The van der Waals surface area contributed by atoms with Crippen molar-refractivity contribution in [2.24, 2.45) is 0 Å². The smallest absolute Gasteiger partial charge is 0.229 e. The molecule has 0 bridgehead atoms. The number of hydrogen-bond acceptors (Lipinski definition) is 7. The molecule has 3 aromatic heterocycles. The molecular weight excluding hydrogens is 378 g/mol. The summed E-state index contributed by atoms with van der Waals surface area (Å²) in [6, 6.07) is 0.749. The molecule has 2 aliphatic rings. The highest BCUT2D eigenvalue weighted by Crippen LogP contribution is 2.29. The van der Waals surface area contributed by atoms with E-state index in [1.54, 1.807) is 0 Å². The Labute approximate surface area is 177 Å². The van der Waals surface area contributed by atoms with Gasteiger partial charge in [0, 0.05) is 25.3 Å². The van der Waals surface area contributed by atoms with E-state index < -0.39 is 0 Å². The topological polar surface area (TPSA) is 79.9 Å². The highest BCUT2D eigenvalue weighted by molar-refractivity contribution is 5.86. The number of likely N-dealkylation sites (tertiary alicyclic amines) is 1. The molecule has 0 amide bonds. The predicted octanol–water partition coefficient (Wildman–Crippen LogP) is 3.21. The van der Waals surface area contributed by atoms with Crippen molar-refractivity contribution < 1.29 is 0 Å². The van der Waals surface area contributed by atoms with E-state index in [0.29, 0.717) is 6.04 Å². The van der Waals surface area contributed by atoms with Crippen LogP contribution in [0.3, 0.4) is 0 Å². The van der Waals surface area contributed by atoms with Crippen LogP contribution in [0.15, 0.2) is 18.7 Å². The highest BCUT2D eigenvalue weighted by Gasteiger charge is 2.22. The molecule has 5 heterocycles. The summed E-state index contributed by atoms with van der Waals surface area (Å²) in [6.45, 7) is 8.55. The molecule has 0 atom stereocenters. The van der Waals surface area contributed by atoms with Gasteiger partial charge in [-0.25, -0.2) is 4.98 Å². The van der Waals surface area contributed by atoms with Gasteiger partial charge in [-0.2, -0.15) is 15.1 Å². The molecule has 30 heavy (non-hydrogen) atoms. The zero-order chi connectivity index (χ0) is 20.7. The summed E-state index contributed by atoms with van der Waals surface area (Å²) in [5.41, 5.74) is 2.63. The minimum atomic E-state index is 0.288. The van der Waals surface area contributed by atoms with E-state index in [-0.39, 0.29) is 6.04 Å². The van der Waals surface area contributed by atoms with Gasteiger partial charge in [0.1, 0.15) is 0 Å². The van der Waals surface area contributed by atoms with Crippen molar-refractivity contribution in [2.75, 3.05) is 43.4 Å². The molecule has 0 unspecified atom stereocenters. The lowest BCUT2D eigenvalue weighted by atomic mass is 10.1. The fourth-order valence-electron chi connectivity index (χ4n) is 4.43. The van der Waals surface area contributed by atoms with Gasteiger partial charge >= 0.3 is 0 Å². The Bertz CT molecular complexity index is 1010.